The predicted molar refractivity (Wildman–Crippen MR) is 95.8 cm³/mol. The van der Waals surface area contributed by atoms with Crippen LogP contribution < -0.4 is 0 Å². The van der Waals surface area contributed by atoms with Gasteiger partial charge in [-0.1, -0.05) is 44.2 Å². The number of hydrogen-bond acceptors (Lipinski definition) is 3. The fourth-order valence-corrected chi connectivity index (χ4v) is 4.34. The molecule has 0 N–H and O–H groups in total. The summed E-state index contributed by atoms with van der Waals surface area (Å²) in [5, 5.41) is 4.97. The highest BCUT2D eigenvalue weighted by Crippen LogP contribution is 2.40. The SMILES string of the molecule is CCOC(=O)c1c(Cl)c(C(C)C2CCCCCC2)n2ncccc12. The van der Waals surface area contributed by atoms with Gasteiger partial charge in [0.05, 0.1) is 22.8 Å². The molecule has 0 amide bonds. The standard InChI is InChI=1S/C19H25ClN2O2/c1-3-24-19(23)16-15-11-8-12-21-22(15)18(17(16)20)13(2)14-9-6-4-5-7-10-14/h8,11-14H,3-7,9-10H2,1-2H3. The van der Waals surface area contributed by atoms with Gasteiger partial charge in [0, 0.05) is 12.1 Å². The topological polar surface area (TPSA) is 43.6 Å². The van der Waals surface area contributed by atoms with E-state index in [0.717, 1.165) is 11.2 Å². The van der Waals surface area contributed by atoms with Gasteiger partial charge in [0.2, 0.25) is 0 Å². The van der Waals surface area contributed by atoms with E-state index >= 15 is 0 Å². The molecule has 0 aliphatic heterocycles. The van der Waals surface area contributed by atoms with Crippen LogP contribution in [0.5, 0.6) is 0 Å². The van der Waals surface area contributed by atoms with Crippen LogP contribution in [0.4, 0.5) is 0 Å². The molecule has 1 unspecified atom stereocenters. The van der Waals surface area contributed by atoms with Gasteiger partial charge in [-0.3, -0.25) is 0 Å². The van der Waals surface area contributed by atoms with Crippen molar-refractivity contribution in [2.45, 2.75) is 58.3 Å². The van der Waals surface area contributed by atoms with Crippen molar-refractivity contribution in [3.05, 3.63) is 34.6 Å². The third-order valence-electron chi connectivity index (χ3n) is 5.20. The molecule has 2 aromatic heterocycles. The molecule has 5 heteroatoms. The second-order valence-electron chi connectivity index (χ2n) is 6.66. The normalized spacial score (nSPS) is 17.6. The molecular weight excluding hydrogens is 324 g/mol. The number of halogens is 1. The Hall–Kier alpha value is -1.55. The number of esters is 1. The van der Waals surface area contributed by atoms with E-state index in [1.54, 1.807) is 13.1 Å². The molecule has 2 aromatic rings. The first kappa shape index (κ1) is 17.3. The van der Waals surface area contributed by atoms with E-state index in [9.17, 15) is 4.79 Å². The van der Waals surface area contributed by atoms with Crippen LogP contribution in [-0.2, 0) is 4.74 Å². The second kappa shape index (κ2) is 7.56. The van der Waals surface area contributed by atoms with Gasteiger partial charge in [-0.15, -0.1) is 0 Å². The molecule has 1 aliphatic rings. The summed E-state index contributed by atoms with van der Waals surface area (Å²) in [7, 11) is 0. The van der Waals surface area contributed by atoms with E-state index in [-0.39, 0.29) is 11.9 Å². The van der Waals surface area contributed by atoms with E-state index < -0.39 is 0 Å². The lowest BCUT2D eigenvalue weighted by atomic mass is 9.85. The number of fused-ring (bicyclic) bond motifs is 1. The first-order valence-corrected chi connectivity index (χ1v) is 9.35. The van der Waals surface area contributed by atoms with Crippen molar-refractivity contribution < 1.29 is 9.53 Å². The Bertz CT molecular complexity index is 717. The van der Waals surface area contributed by atoms with Gasteiger partial charge in [-0.25, -0.2) is 9.31 Å². The van der Waals surface area contributed by atoms with Gasteiger partial charge in [-0.05, 0) is 37.8 Å². The van der Waals surface area contributed by atoms with Crippen molar-refractivity contribution in [2.75, 3.05) is 6.61 Å². The summed E-state index contributed by atoms with van der Waals surface area (Å²) < 4.78 is 7.05. The summed E-state index contributed by atoms with van der Waals surface area (Å²) in [4.78, 5) is 12.4. The third-order valence-corrected chi connectivity index (χ3v) is 5.58. The summed E-state index contributed by atoms with van der Waals surface area (Å²) in [5.41, 5.74) is 2.13. The minimum atomic E-state index is -0.368. The molecule has 0 radical (unpaired) electrons. The van der Waals surface area contributed by atoms with Crippen LogP contribution in [0.2, 0.25) is 5.02 Å². The van der Waals surface area contributed by atoms with Gasteiger partial charge >= 0.3 is 5.97 Å². The Balaban J connectivity index is 2.07. The van der Waals surface area contributed by atoms with Crippen molar-refractivity contribution in [3.8, 4) is 0 Å². The number of carbonyl (C=O) groups is 1. The molecule has 1 saturated carbocycles. The fraction of sp³-hybridized carbons (Fsp3) is 0.579. The molecule has 0 spiro atoms. The number of hydrogen-bond donors (Lipinski definition) is 0. The zero-order valence-electron chi connectivity index (χ0n) is 14.4. The molecule has 0 aromatic carbocycles. The van der Waals surface area contributed by atoms with E-state index in [2.05, 4.69) is 12.0 Å². The number of aromatic nitrogens is 2. The van der Waals surface area contributed by atoms with Crippen molar-refractivity contribution in [1.29, 1.82) is 0 Å². The van der Waals surface area contributed by atoms with Crippen LogP contribution in [0.15, 0.2) is 18.3 Å². The van der Waals surface area contributed by atoms with E-state index in [1.165, 1.54) is 38.5 Å². The smallest absolute Gasteiger partial charge is 0.341 e. The average molecular weight is 349 g/mol. The molecular formula is C19H25ClN2O2. The Kier molecular flexibility index (Phi) is 5.44. The summed E-state index contributed by atoms with van der Waals surface area (Å²) in [6.07, 6.45) is 9.35. The molecule has 2 heterocycles. The van der Waals surface area contributed by atoms with Crippen LogP contribution >= 0.6 is 11.6 Å². The largest absolute Gasteiger partial charge is 0.462 e. The number of carbonyl (C=O) groups excluding carboxylic acids is 1. The minimum Gasteiger partial charge on any atom is -0.462 e. The maximum Gasteiger partial charge on any atom is 0.341 e. The van der Waals surface area contributed by atoms with Crippen LogP contribution in [0, 0.1) is 5.92 Å². The maximum absolute atomic E-state index is 12.4. The van der Waals surface area contributed by atoms with E-state index in [4.69, 9.17) is 16.3 Å². The predicted octanol–water partition coefficient (Wildman–Crippen LogP) is 5.24. The molecule has 4 nitrogen and oxygen atoms in total. The fourth-order valence-electron chi connectivity index (χ4n) is 3.91. The van der Waals surface area contributed by atoms with Crippen LogP contribution in [0.3, 0.4) is 0 Å². The Morgan fingerprint density at radius 3 is 2.75 bits per heavy atom. The van der Waals surface area contributed by atoms with Crippen molar-refractivity contribution in [1.82, 2.24) is 9.61 Å². The number of rotatable bonds is 4. The first-order valence-electron chi connectivity index (χ1n) is 8.97. The monoisotopic (exact) mass is 348 g/mol. The van der Waals surface area contributed by atoms with Crippen LogP contribution in [0.1, 0.15) is 74.3 Å². The average Bonchev–Trinajstić information content (AvgIpc) is 2.74. The zero-order chi connectivity index (χ0) is 17.1. The van der Waals surface area contributed by atoms with Crippen molar-refractivity contribution >= 4 is 23.1 Å². The minimum absolute atomic E-state index is 0.265. The zero-order valence-corrected chi connectivity index (χ0v) is 15.2. The first-order chi connectivity index (χ1) is 11.6. The molecule has 3 rings (SSSR count). The van der Waals surface area contributed by atoms with Crippen LogP contribution in [0.25, 0.3) is 5.52 Å². The summed E-state index contributed by atoms with van der Waals surface area (Å²) >= 11 is 6.68. The summed E-state index contributed by atoms with van der Waals surface area (Å²) in [5.74, 6) is 0.480. The quantitative estimate of drug-likeness (QED) is 0.560. The van der Waals surface area contributed by atoms with Gasteiger partial charge in [0.25, 0.3) is 0 Å². The second-order valence-corrected chi connectivity index (χ2v) is 7.03. The molecule has 1 aliphatic carbocycles. The molecule has 1 fully saturated rings. The molecule has 1 atom stereocenters. The van der Waals surface area contributed by atoms with E-state index in [0.29, 0.717) is 23.1 Å². The highest BCUT2D eigenvalue weighted by molar-refractivity contribution is 6.35. The summed E-state index contributed by atoms with van der Waals surface area (Å²) in [6, 6.07) is 3.71. The van der Waals surface area contributed by atoms with E-state index in [1.807, 2.05) is 16.6 Å². The Labute approximate surface area is 148 Å². The third kappa shape index (κ3) is 3.16. The Morgan fingerprint density at radius 2 is 2.08 bits per heavy atom. The maximum atomic E-state index is 12.4. The molecule has 0 saturated heterocycles. The lowest BCUT2D eigenvalue weighted by Crippen LogP contribution is -2.12. The molecule has 130 valence electrons. The highest BCUT2D eigenvalue weighted by Gasteiger charge is 2.30. The molecule has 24 heavy (non-hydrogen) atoms. The van der Waals surface area contributed by atoms with Gasteiger partial charge in [0.1, 0.15) is 5.56 Å². The Morgan fingerprint density at radius 1 is 1.38 bits per heavy atom. The van der Waals surface area contributed by atoms with Crippen LogP contribution in [-0.4, -0.2) is 22.2 Å². The number of ether oxygens (including phenoxy) is 1. The van der Waals surface area contributed by atoms with Gasteiger partial charge < -0.3 is 4.74 Å². The van der Waals surface area contributed by atoms with Gasteiger partial charge in [0.15, 0.2) is 0 Å². The summed E-state index contributed by atoms with van der Waals surface area (Å²) in [6.45, 7) is 4.35. The van der Waals surface area contributed by atoms with Crippen molar-refractivity contribution in [3.63, 3.8) is 0 Å². The highest BCUT2D eigenvalue weighted by atomic mass is 35.5. The van der Waals surface area contributed by atoms with Gasteiger partial charge in [-0.2, -0.15) is 5.10 Å². The lowest BCUT2D eigenvalue weighted by Gasteiger charge is -2.22. The number of nitrogens with zero attached hydrogens (tertiary/aromatic N) is 2. The van der Waals surface area contributed by atoms with Crippen molar-refractivity contribution in [2.24, 2.45) is 5.92 Å². The lowest BCUT2D eigenvalue weighted by molar-refractivity contribution is 0.0529. The molecule has 0 bridgehead atoms.